The van der Waals surface area contributed by atoms with Crippen LogP contribution in [0.25, 0.3) is 21.9 Å². The van der Waals surface area contributed by atoms with Gasteiger partial charge in [-0.25, -0.2) is 0 Å². The Hall–Kier alpha value is -3.17. The minimum absolute atomic E-state index is 0.0545. The summed E-state index contributed by atoms with van der Waals surface area (Å²) in [6.45, 7) is 1.86. The molecule has 0 saturated carbocycles. The van der Waals surface area contributed by atoms with Crippen LogP contribution in [0.15, 0.2) is 76.5 Å². The van der Waals surface area contributed by atoms with Gasteiger partial charge in [-0.2, -0.15) is 26.3 Å². The van der Waals surface area contributed by atoms with Gasteiger partial charge in [-0.15, -0.1) is 0 Å². The van der Waals surface area contributed by atoms with E-state index in [0.29, 0.717) is 22.1 Å². The molecular weight excluding hydrogens is 550 g/mol. The van der Waals surface area contributed by atoms with Gasteiger partial charge in [-0.1, -0.05) is 47.6 Å². The van der Waals surface area contributed by atoms with Crippen LogP contribution in [0.4, 0.5) is 26.3 Å². The van der Waals surface area contributed by atoms with E-state index >= 15 is 0 Å². The molecule has 0 amide bonds. The minimum Gasteiger partial charge on any atom is -0.469 e. The van der Waals surface area contributed by atoms with Gasteiger partial charge in [0.2, 0.25) is 0 Å². The quantitative estimate of drug-likeness (QED) is 0.177. The number of hydrogen-bond acceptors (Lipinski definition) is 3. The third kappa shape index (κ3) is 6.10. The van der Waals surface area contributed by atoms with E-state index in [4.69, 9.17) is 16.3 Å². The Morgan fingerprint density at radius 3 is 2.00 bits per heavy atom. The van der Waals surface area contributed by atoms with E-state index in [1.165, 1.54) is 7.11 Å². The molecule has 198 valence electrons. The molecule has 0 aromatic heterocycles. The zero-order chi connectivity index (χ0) is 27.8. The van der Waals surface area contributed by atoms with E-state index in [0.717, 1.165) is 44.8 Å². The summed E-state index contributed by atoms with van der Waals surface area (Å²) in [6.07, 6.45) is -9.79. The van der Waals surface area contributed by atoms with Crippen LogP contribution < -0.4 is 0 Å². The van der Waals surface area contributed by atoms with Crippen LogP contribution in [0.2, 0.25) is 5.02 Å². The van der Waals surface area contributed by atoms with Crippen LogP contribution in [-0.2, 0) is 28.3 Å². The number of halogens is 7. The van der Waals surface area contributed by atoms with Gasteiger partial charge in [-0.05, 0) is 82.4 Å². The van der Waals surface area contributed by atoms with Gasteiger partial charge in [0, 0.05) is 14.8 Å². The van der Waals surface area contributed by atoms with Crippen molar-refractivity contribution in [3.05, 3.63) is 94.0 Å². The summed E-state index contributed by atoms with van der Waals surface area (Å²) in [6, 6.07) is 15.4. The van der Waals surface area contributed by atoms with E-state index in [9.17, 15) is 31.1 Å². The Labute approximate surface area is 223 Å². The molecule has 4 aromatic carbocycles. The molecule has 10 heteroatoms. The fraction of sp³-hybridized carbons (Fsp3) is 0.179. The summed E-state index contributed by atoms with van der Waals surface area (Å²) in [5.74, 6) is -0.404. The van der Waals surface area contributed by atoms with Gasteiger partial charge < -0.3 is 4.74 Å². The molecule has 0 fully saturated rings. The lowest BCUT2D eigenvalue weighted by atomic mass is 9.89. The Bertz CT molecular complexity index is 1480. The number of esters is 1. The van der Waals surface area contributed by atoms with Crippen molar-refractivity contribution < 1.29 is 35.9 Å². The maximum atomic E-state index is 13.2. The highest BCUT2D eigenvalue weighted by atomic mass is 35.5. The van der Waals surface area contributed by atoms with E-state index in [1.54, 1.807) is 36.4 Å². The summed E-state index contributed by atoms with van der Waals surface area (Å²) in [5.41, 5.74) is 0.382. The second-order valence-electron chi connectivity index (χ2n) is 8.52. The monoisotopic (exact) mass is 568 g/mol. The number of fused-ring (bicyclic) bond motifs is 1. The van der Waals surface area contributed by atoms with Crippen molar-refractivity contribution >= 4 is 40.1 Å². The summed E-state index contributed by atoms with van der Waals surface area (Å²) in [5, 5.41) is 2.18. The van der Waals surface area contributed by atoms with E-state index in [2.05, 4.69) is 0 Å². The molecule has 4 aromatic rings. The van der Waals surface area contributed by atoms with Crippen molar-refractivity contribution in [1.29, 1.82) is 0 Å². The first-order chi connectivity index (χ1) is 17.8. The molecule has 0 aliphatic heterocycles. The standard InChI is InChI=1S/C28H19ClF6O2S/c1-15-18(10-25(36)37-2)9-17-3-6-21(29)14-24(17)26(15)16-4-7-22(8-5-16)38-23-12-19(27(30,31)32)11-20(13-23)28(33,34)35/h3-9,11-14H,10H2,1-2H3. The molecule has 0 aliphatic carbocycles. The molecule has 38 heavy (non-hydrogen) atoms. The van der Waals surface area contributed by atoms with Crippen LogP contribution in [-0.4, -0.2) is 13.1 Å². The topological polar surface area (TPSA) is 26.3 Å². The lowest BCUT2D eigenvalue weighted by Crippen LogP contribution is -2.10. The second kappa shape index (κ2) is 10.5. The fourth-order valence-corrected chi connectivity index (χ4v) is 5.21. The molecule has 0 aliphatic rings. The highest BCUT2D eigenvalue weighted by Crippen LogP contribution is 2.41. The summed E-state index contributed by atoms with van der Waals surface area (Å²) in [7, 11) is 1.30. The van der Waals surface area contributed by atoms with Crippen LogP contribution >= 0.6 is 23.4 Å². The first-order valence-corrected chi connectivity index (χ1v) is 12.3. The average Bonchev–Trinajstić information content (AvgIpc) is 2.84. The van der Waals surface area contributed by atoms with Crippen molar-refractivity contribution in [1.82, 2.24) is 0 Å². The highest BCUT2D eigenvalue weighted by Gasteiger charge is 2.37. The fourth-order valence-electron chi connectivity index (χ4n) is 4.12. The number of benzene rings is 4. The van der Waals surface area contributed by atoms with Gasteiger partial charge in [0.25, 0.3) is 0 Å². The first kappa shape index (κ1) is 27.9. The SMILES string of the molecule is COC(=O)Cc1cc2ccc(Cl)cc2c(-c2ccc(Sc3cc(C(F)(F)F)cc(C(F)(F)F)c3)cc2)c1C. The van der Waals surface area contributed by atoms with Gasteiger partial charge in [0.1, 0.15) is 0 Å². The summed E-state index contributed by atoms with van der Waals surface area (Å²) >= 11 is 7.04. The van der Waals surface area contributed by atoms with Crippen molar-refractivity contribution in [3.8, 4) is 11.1 Å². The molecule has 0 radical (unpaired) electrons. The van der Waals surface area contributed by atoms with Gasteiger partial charge in [-0.3, -0.25) is 4.79 Å². The molecule has 0 unspecified atom stereocenters. The van der Waals surface area contributed by atoms with Gasteiger partial charge in [0.05, 0.1) is 24.7 Å². The number of ether oxygens (including phenoxy) is 1. The molecule has 2 nitrogen and oxygen atoms in total. The van der Waals surface area contributed by atoms with E-state index in [1.807, 2.05) is 19.1 Å². The highest BCUT2D eigenvalue weighted by molar-refractivity contribution is 7.99. The summed E-state index contributed by atoms with van der Waals surface area (Å²) in [4.78, 5) is 12.2. The van der Waals surface area contributed by atoms with Crippen LogP contribution in [0.1, 0.15) is 22.3 Å². The third-order valence-corrected chi connectivity index (χ3v) is 7.19. The Morgan fingerprint density at radius 1 is 0.842 bits per heavy atom. The molecular formula is C28H19ClF6O2S. The zero-order valence-electron chi connectivity index (χ0n) is 19.9. The number of carbonyl (C=O) groups is 1. The predicted molar refractivity (Wildman–Crippen MR) is 135 cm³/mol. The maximum Gasteiger partial charge on any atom is 0.416 e. The van der Waals surface area contributed by atoms with E-state index < -0.39 is 29.4 Å². The van der Waals surface area contributed by atoms with Crippen LogP contribution in [0, 0.1) is 6.92 Å². The Kier molecular flexibility index (Phi) is 7.72. The minimum atomic E-state index is -4.92. The lowest BCUT2D eigenvalue weighted by molar-refractivity contribution is -0.143. The van der Waals surface area contributed by atoms with Crippen LogP contribution in [0.3, 0.4) is 0 Å². The smallest absolute Gasteiger partial charge is 0.416 e. The number of rotatable bonds is 5. The van der Waals surface area contributed by atoms with Crippen molar-refractivity contribution in [3.63, 3.8) is 0 Å². The molecule has 0 atom stereocenters. The maximum absolute atomic E-state index is 13.2. The number of alkyl halides is 6. The predicted octanol–water partition coefficient (Wildman–Crippen LogP) is 9.37. The Morgan fingerprint density at radius 2 is 1.45 bits per heavy atom. The second-order valence-corrected chi connectivity index (χ2v) is 10.1. The third-order valence-electron chi connectivity index (χ3n) is 5.97. The summed E-state index contributed by atoms with van der Waals surface area (Å²) < 4.78 is 84.2. The molecule has 0 spiro atoms. The van der Waals surface area contributed by atoms with Crippen molar-refractivity contribution in [2.75, 3.05) is 7.11 Å². The van der Waals surface area contributed by atoms with E-state index in [-0.39, 0.29) is 17.4 Å². The molecule has 0 bridgehead atoms. The molecule has 0 saturated heterocycles. The number of carbonyl (C=O) groups excluding carboxylic acids is 1. The van der Waals surface area contributed by atoms with Gasteiger partial charge in [0.15, 0.2) is 0 Å². The van der Waals surface area contributed by atoms with Crippen LogP contribution in [0.5, 0.6) is 0 Å². The Balaban J connectivity index is 1.75. The normalized spacial score (nSPS) is 12.1. The lowest BCUT2D eigenvalue weighted by Gasteiger charge is -2.16. The molecule has 0 N–H and O–H groups in total. The number of methoxy groups -OCH3 is 1. The van der Waals surface area contributed by atoms with Gasteiger partial charge >= 0.3 is 18.3 Å². The largest absolute Gasteiger partial charge is 0.469 e. The number of hydrogen-bond donors (Lipinski definition) is 0. The van der Waals surface area contributed by atoms with Crippen molar-refractivity contribution in [2.24, 2.45) is 0 Å². The zero-order valence-corrected chi connectivity index (χ0v) is 21.5. The molecule has 4 rings (SSSR count). The average molecular weight is 569 g/mol. The first-order valence-electron chi connectivity index (χ1n) is 11.1. The van der Waals surface area contributed by atoms with Crippen molar-refractivity contribution in [2.45, 2.75) is 35.5 Å². The molecule has 0 heterocycles.